The maximum atomic E-state index is 13.4. The molecule has 0 spiro atoms. The van der Waals surface area contributed by atoms with Crippen LogP contribution in [-0.2, 0) is 0 Å². The minimum Gasteiger partial charge on any atom is -0.360 e. The van der Waals surface area contributed by atoms with Crippen LogP contribution in [0.1, 0.15) is 106 Å². The summed E-state index contributed by atoms with van der Waals surface area (Å²) in [6.45, 7) is 2.30. The highest BCUT2D eigenvalue weighted by Crippen LogP contribution is 2.40. The third kappa shape index (κ3) is 3.78. The Bertz CT molecular complexity index is 578. The molecule has 0 aliphatic heterocycles. The molecule has 3 fully saturated rings. The Morgan fingerprint density at radius 2 is 1.72 bits per heavy atom. The van der Waals surface area contributed by atoms with Gasteiger partial charge in [0.05, 0.1) is 0 Å². The van der Waals surface area contributed by atoms with Gasteiger partial charge in [-0.05, 0) is 57.3 Å². The van der Waals surface area contributed by atoms with E-state index in [0.717, 1.165) is 37.4 Å². The summed E-state index contributed by atoms with van der Waals surface area (Å²) in [7, 11) is 0. The average molecular weight is 344 g/mol. The molecule has 4 heteroatoms. The molecule has 25 heavy (non-hydrogen) atoms. The lowest BCUT2D eigenvalue weighted by molar-refractivity contribution is 0.0405. The predicted molar refractivity (Wildman–Crippen MR) is 97.6 cm³/mol. The zero-order valence-electron chi connectivity index (χ0n) is 15.6. The van der Waals surface area contributed by atoms with E-state index in [1.165, 1.54) is 51.4 Å². The Labute approximate surface area is 151 Å². The van der Waals surface area contributed by atoms with Gasteiger partial charge in [-0.3, -0.25) is 4.79 Å². The zero-order chi connectivity index (χ0) is 17.2. The van der Waals surface area contributed by atoms with E-state index in [1.54, 1.807) is 0 Å². The summed E-state index contributed by atoms with van der Waals surface area (Å²) in [5.41, 5.74) is 0.546. The molecule has 138 valence electrons. The van der Waals surface area contributed by atoms with Gasteiger partial charge >= 0.3 is 0 Å². The summed E-state index contributed by atoms with van der Waals surface area (Å²) >= 11 is 0. The number of carbonyl (C=O) groups is 1. The van der Waals surface area contributed by atoms with Crippen LogP contribution in [0.3, 0.4) is 0 Å². The fraction of sp³-hybridized carbons (Fsp3) is 0.810. The Morgan fingerprint density at radius 3 is 2.36 bits per heavy atom. The molecule has 1 amide bonds. The van der Waals surface area contributed by atoms with Gasteiger partial charge in [-0.2, -0.15) is 0 Å². The first-order valence-electron chi connectivity index (χ1n) is 10.6. The first kappa shape index (κ1) is 17.1. The van der Waals surface area contributed by atoms with Crippen LogP contribution in [0.25, 0.3) is 0 Å². The maximum absolute atomic E-state index is 13.4. The van der Waals surface area contributed by atoms with Crippen molar-refractivity contribution in [2.24, 2.45) is 5.92 Å². The second kappa shape index (κ2) is 7.51. The molecule has 3 aliphatic carbocycles. The number of hydrogen-bond acceptors (Lipinski definition) is 3. The second-order valence-electron chi connectivity index (χ2n) is 8.48. The van der Waals surface area contributed by atoms with Crippen LogP contribution >= 0.6 is 0 Å². The van der Waals surface area contributed by atoms with E-state index in [0.29, 0.717) is 23.7 Å². The molecule has 1 aromatic rings. The van der Waals surface area contributed by atoms with Crippen molar-refractivity contribution in [3.8, 4) is 0 Å². The molecule has 0 bridgehead atoms. The summed E-state index contributed by atoms with van der Waals surface area (Å²) in [5.74, 6) is 2.41. The molecule has 1 aromatic heterocycles. The predicted octanol–water partition coefficient (Wildman–Crippen LogP) is 5.30. The van der Waals surface area contributed by atoms with E-state index in [2.05, 4.69) is 17.0 Å². The highest BCUT2D eigenvalue weighted by molar-refractivity contribution is 5.92. The molecular formula is C21H32N2O2. The summed E-state index contributed by atoms with van der Waals surface area (Å²) in [5, 5.41) is 4.15. The van der Waals surface area contributed by atoms with Crippen LogP contribution in [0.15, 0.2) is 10.6 Å². The van der Waals surface area contributed by atoms with Crippen molar-refractivity contribution in [2.75, 3.05) is 0 Å². The van der Waals surface area contributed by atoms with E-state index < -0.39 is 0 Å². The summed E-state index contributed by atoms with van der Waals surface area (Å²) in [4.78, 5) is 15.6. The highest BCUT2D eigenvalue weighted by Gasteiger charge is 2.36. The number of hydrogen-bond donors (Lipinski definition) is 0. The van der Waals surface area contributed by atoms with Crippen LogP contribution < -0.4 is 0 Å². The third-order valence-electron chi connectivity index (χ3n) is 6.72. The molecule has 0 radical (unpaired) electrons. The Kier molecular flexibility index (Phi) is 5.14. The van der Waals surface area contributed by atoms with Crippen molar-refractivity contribution in [3.63, 3.8) is 0 Å². The Balaban J connectivity index is 1.52. The maximum Gasteiger partial charge on any atom is 0.276 e. The standard InChI is InChI=1S/C21H32N2O2/c1-2-15-8-12-18(13-9-15)23(17-6-4-3-5-7-17)21(24)19-14-20(25-22-19)16-10-11-16/h14-18H,2-13H2,1H3. The van der Waals surface area contributed by atoms with Gasteiger partial charge in [0.1, 0.15) is 5.76 Å². The summed E-state index contributed by atoms with van der Waals surface area (Å²) < 4.78 is 5.47. The first-order chi connectivity index (χ1) is 12.3. The number of carbonyl (C=O) groups excluding carboxylic acids is 1. The molecule has 3 saturated carbocycles. The van der Waals surface area contributed by atoms with Crippen LogP contribution in [0, 0.1) is 5.92 Å². The lowest BCUT2D eigenvalue weighted by Crippen LogP contribution is -2.49. The van der Waals surface area contributed by atoms with Gasteiger partial charge in [0, 0.05) is 24.1 Å². The van der Waals surface area contributed by atoms with Gasteiger partial charge < -0.3 is 9.42 Å². The third-order valence-corrected chi connectivity index (χ3v) is 6.72. The molecule has 4 nitrogen and oxygen atoms in total. The minimum atomic E-state index is 0.127. The van der Waals surface area contributed by atoms with Crippen molar-refractivity contribution >= 4 is 5.91 Å². The molecule has 4 rings (SSSR count). The van der Waals surface area contributed by atoms with Gasteiger partial charge in [-0.25, -0.2) is 0 Å². The Hall–Kier alpha value is -1.32. The molecule has 0 atom stereocenters. The lowest BCUT2D eigenvalue weighted by atomic mass is 9.82. The van der Waals surface area contributed by atoms with Gasteiger partial charge in [-0.1, -0.05) is 37.8 Å². The van der Waals surface area contributed by atoms with Gasteiger partial charge in [0.15, 0.2) is 5.69 Å². The quantitative estimate of drug-likeness (QED) is 0.728. The molecule has 0 unspecified atom stereocenters. The number of amides is 1. The smallest absolute Gasteiger partial charge is 0.276 e. The molecular weight excluding hydrogens is 312 g/mol. The Morgan fingerprint density at radius 1 is 1.04 bits per heavy atom. The van der Waals surface area contributed by atoms with Crippen molar-refractivity contribution < 1.29 is 9.32 Å². The number of aromatic nitrogens is 1. The van der Waals surface area contributed by atoms with Crippen molar-refractivity contribution in [1.29, 1.82) is 0 Å². The second-order valence-corrected chi connectivity index (χ2v) is 8.48. The van der Waals surface area contributed by atoms with Crippen LogP contribution in [0.2, 0.25) is 0 Å². The topological polar surface area (TPSA) is 46.3 Å². The molecule has 0 N–H and O–H groups in total. The number of rotatable bonds is 5. The van der Waals surface area contributed by atoms with Crippen molar-refractivity contribution in [3.05, 3.63) is 17.5 Å². The fourth-order valence-corrected chi connectivity index (χ4v) is 4.90. The van der Waals surface area contributed by atoms with Crippen LogP contribution in [-0.4, -0.2) is 28.0 Å². The number of nitrogens with zero attached hydrogens (tertiary/aromatic N) is 2. The monoisotopic (exact) mass is 344 g/mol. The fourth-order valence-electron chi connectivity index (χ4n) is 4.90. The average Bonchev–Trinajstić information content (AvgIpc) is 3.40. The van der Waals surface area contributed by atoms with Crippen LogP contribution in [0.4, 0.5) is 0 Å². The van der Waals surface area contributed by atoms with E-state index >= 15 is 0 Å². The normalized spacial score (nSPS) is 28.0. The largest absolute Gasteiger partial charge is 0.360 e. The van der Waals surface area contributed by atoms with Crippen molar-refractivity contribution in [1.82, 2.24) is 10.1 Å². The highest BCUT2D eigenvalue weighted by atomic mass is 16.5. The van der Waals surface area contributed by atoms with Gasteiger partial charge in [0.2, 0.25) is 0 Å². The lowest BCUT2D eigenvalue weighted by Gasteiger charge is -2.42. The van der Waals surface area contributed by atoms with Crippen molar-refractivity contribution in [2.45, 2.75) is 102 Å². The van der Waals surface area contributed by atoms with E-state index in [9.17, 15) is 4.79 Å². The van der Waals surface area contributed by atoms with Gasteiger partial charge in [-0.15, -0.1) is 0 Å². The SMILES string of the molecule is CCC1CCC(N(C(=O)c2cc(C3CC3)on2)C2CCCCC2)CC1. The first-order valence-corrected chi connectivity index (χ1v) is 10.6. The zero-order valence-corrected chi connectivity index (χ0v) is 15.6. The summed E-state index contributed by atoms with van der Waals surface area (Å²) in [6, 6.07) is 2.73. The minimum absolute atomic E-state index is 0.127. The molecule has 1 heterocycles. The van der Waals surface area contributed by atoms with E-state index in [4.69, 9.17) is 4.52 Å². The summed E-state index contributed by atoms with van der Waals surface area (Å²) in [6.07, 6.45) is 14.6. The van der Waals surface area contributed by atoms with E-state index in [-0.39, 0.29) is 5.91 Å². The molecule has 0 aromatic carbocycles. The molecule has 0 saturated heterocycles. The molecule has 3 aliphatic rings. The van der Waals surface area contributed by atoms with Crippen LogP contribution in [0.5, 0.6) is 0 Å². The van der Waals surface area contributed by atoms with Gasteiger partial charge in [0.25, 0.3) is 5.91 Å². The van der Waals surface area contributed by atoms with E-state index in [1.807, 2.05) is 6.07 Å².